The largest absolute Gasteiger partial charge is 0.508 e. The van der Waals surface area contributed by atoms with Gasteiger partial charge in [-0.3, -0.25) is 9.89 Å². The van der Waals surface area contributed by atoms with Crippen molar-refractivity contribution in [2.45, 2.75) is 39.2 Å². The molecule has 1 aliphatic heterocycles. The highest BCUT2D eigenvalue weighted by Crippen LogP contribution is 2.27. The van der Waals surface area contributed by atoms with Crippen molar-refractivity contribution < 1.29 is 19.2 Å². The maximum atomic E-state index is 12.9. The van der Waals surface area contributed by atoms with Crippen LogP contribution in [-0.4, -0.2) is 38.4 Å². The number of benzene rings is 1. The molecule has 1 aromatic carbocycles. The van der Waals surface area contributed by atoms with E-state index in [2.05, 4.69) is 20.7 Å². The summed E-state index contributed by atoms with van der Waals surface area (Å²) in [5.41, 5.74) is 3.61. The molecule has 0 saturated carbocycles. The number of imide groups is 1. The van der Waals surface area contributed by atoms with Gasteiger partial charge in [-0.15, -0.1) is 0 Å². The first kappa shape index (κ1) is 18.7. The number of aromatic amines is 1. The molecule has 0 aliphatic carbocycles. The normalized spacial score (nSPS) is 16.5. The van der Waals surface area contributed by atoms with Gasteiger partial charge in [0.15, 0.2) is 0 Å². The summed E-state index contributed by atoms with van der Waals surface area (Å²) >= 11 is 0. The Balaban J connectivity index is 1.49. The number of hydrogen-bond acceptors (Lipinski definition) is 6. The zero-order chi connectivity index (χ0) is 20.5. The number of rotatable bonds is 6. The number of hydrogen-bond donors (Lipinski definition) is 3. The molecular weight excluding hydrogens is 374 g/mol. The maximum absolute atomic E-state index is 12.9. The van der Waals surface area contributed by atoms with E-state index in [0.29, 0.717) is 36.4 Å². The van der Waals surface area contributed by atoms with Crippen LogP contribution < -0.4 is 10.2 Å². The molecule has 1 fully saturated rings. The van der Waals surface area contributed by atoms with Crippen molar-refractivity contribution in [1.82, 2.24) is 20.7 Å². The molecule has 29 heavy (non-hydrogen) atoms. The van der Waals surface area contributed by atoms with E-state index in [1.807, 2.05) is 13.8 Å². The van der Waals surface area contributed by atoms with Gasteiger partial charge < -0.3 is 14.9 Å². The second-order valence-corrected chi connectivity index (χ2v) is 7.08. The summed E-state index contributed by atoms with van der Waals surface area (Å²) in [5.74, 6) is 0.562. The van der Waals surface area contributed by atoms with E-state index in [1.54, 1.807) is 30.5 Å². The number of H-pyrrole nitrogens is 1. The number of aryl methyl sites for hydroxylation is 3. The average Bonchev–Trinajstić information content (AvgIpc) is 3.35. The van der Waals surface area contributed by atoms with Crippen LogP contribution in [0.2, 0.25) is 0 Å². The molecule has 4 rings (SSSR count). The van der Waals surface area contributed by atoms with Gasteiger partial charge in [-0.05, 0) is 44.4 Å². The van der Waals surface area contributed by atoms with Gasteiger partial charge in [0.2, 0.25) is 0 Å². The van der Waals surface area contributed by atoms with Crippen LogP contribution in [0.4, 0.5) is 10.5 Å². The molecule has 0 radical (unpaired) electrons. The monoisotopic (exact) mass is 395 g/mol. The lowest BCUT2D eigenvalue weighted by molar-refractivity contribution is -0.118. The number of nitrogens with zero attached hydrogens (tertiary/aromatic N) is 3. The highest BCUT2D eigenvalue weighted by Gasteiger charge is 2.40. The summed E-state index contributed by atoms with van der Waals surface area (Å²) in [6.07, 6.45) is 3.01. The van der Waals surface area contributed by atoms with Gasteiger partial charge in [0.05, 0.1) is 17.1 Å². The Morgan fingerprint density at radius 2 is 1.97 bits per heavy atom. The smallest absolute Gasteiger partial charge is 0.329 e. The number of aromatic hydroxyl groups is 1. The zero-order valence-corrected chi connectivity index (χ0v) is 16.1. The topological polar surface area (TPSA) is 124 Å². The van der Waals surface area contributed by atoms with Crippen molar-refractivity contribution in [1.29, 1.82) is 0 Å². The molecule has 1 atom stereocenters. The molecule has 1 aliphatic rings. The third kappa shape index (κ3) is 3.58. The fourth-order valence-corrected chi connectivity index (χ4v) is 3.49. The first-order chi connectivity index (χ1) is 13.9. The summed E-state index contributed by atoms with van der Waals surface area (Å²) in [6, 6.07) is 5.72. The first-order valence-corrected chi connectivity index (χ1v) is 9.31. The highest BCUT2D eigenvalue weighted by atomic mass is 16.5. The van der Waals surface area contributed by atoms with Gasteiger partial charge in [0.1, 0.15) is 17.6 Å². The minimum atomic E-state index is -0.613. The van der Waals surface area contributed by atoms with E-state index in [-0.39, 0.29) is 11.7 Å². The van der Waals surface area contributed by atoms with Crippen LogP contribution in [0.3, 0.4) is 0 Å². The average molecular weight is 395 g/mol. The van der Waals surface area contributed by atoms with Crippen LogP contribution in [0, 0.1) is 13.8 Å². The highest BCUT2D eigenvalue weighted by molar-refractivity contribution is 6.21. The Kier molecular flexibility index (Phi) is 4.79. The molecule has 3 N–H and O–H groups in total. The van der Waals surface area contributed by atoms with Crippen LogP contribution in [-0.2, 0) is 17.6 Å². The number of nitrogens with one attached hydrogen (secondary N) is 2. The number of carbonyl (C=O) groups is 2. The summed E-state index contributed by atoms with van der Waals surface area (Å²) in [6.45, 7) is 3.65. The number of phenols is 1. The zero-order valence-electron chi connectivity index (χ0n) is 16.1. The summed E-state index contributed by atoms with van der Waals surface area (Å²) < 4.78 is 5.19. The van der Waals surface area contributed by atoms with Crippen molar-refractivity contribution in [3.05, 3.63) is 58.7 Å². The van der Waals surface area contributed by atoms with Gasteiger partial charge >= 0.3 is 6.03 Å². The van der Waals surface area contributed by atoms with E-state index >= 15 is 0 Å². The minimum Gasteiger partial charge on any atom is -0.508 e. The number of aromatic nitrogens is 3. The molecule has 3 amide bonds. The number of anilines is 1. The molecule has 0 bridgehead atoms. The van der Waals surface area contributed by atoms with E-state index < -0.39 is 12.1 Å². The Bertz CT molecular complexity index is 1030. The number of amides is 3. The number of carbonyl (C=O) groups excluding carboxylic acids is 2. The predicted octanol–water partition coefficient (Wildman–Crippen LogP) is 2.37. The minimum absolute atomic E-state index is 0.191. The summed E-state index contributed by atoms with van der Waals surface area (Å²) in [5, 5.41) is 23.0. The van der Waals surface area contributed by atoms with E-state index in [1.165, 1.54) is 0 Å². The lowest BCUT2D eigenvalue weighted by Crippen LogP contribution is -2.32. The SMILES string of the molecule is Cc1noc(C)c1Cc1n[nH]cc1N1C(=O)NC(CCc2ccc(O)cc2)C1=O. The number of urea groups is 1. The number of phenolic OH excluding ortho intramolecular Hbond substituents is 1. The fraction of sp³-hybridized carbons (Fsp3) is 0.300. The van der Waals surface area contributed by atoms with Crippen molar-refractivity contribution >= 4 is 17.6 Å². The second-order valence-electron chi connectivity index (χ2n) is 7.08. The third-order valence-corrected chi connectivity index (χ3v) is 5.14. The molecule has 3 aromatic rings. The molecule has 0 spiro atoms. The quantitative estimate of drug-likeness (QED) is 0.551. The second kappa shape index (κ2) is 7.42. The van der Waals surface area contributed by atoms with E-state index in [9.17, 15) is 14.7 Å². The molecule has 3 heterocycles. The third-order valence-electron chi connectivity index (χ3n) is 5.14. The molecule has 1 unspecified atom stereocenters. The van der Waals surface area contributed by atoms with Crippen molar-refractivity contribution in [2.24, 2.45) is 0 Å². The van der Waals surface area contributed by atoms with Crippen molar-refractivity contribution in [3.8, 4) is 5.75 Å². The van der Waals surface area contributed by atoms with E-state index in [4.69, 9.17) is 4.52 Å². The molecule has 150 valence electrons. The maximum Gasteiger partial charge on any atom is 0.329 e. The molecular formula is C20H21N5O4. The molecule has 2 aromatic heterocycles. The van der Waals surface area contributed by atoms with Gasteiger partial charge in [0.25, 0.3) is 5.91 Å². The van der Waals surface area contributed by atoms with Crippen LogP contribution in [0.5, 0.6) is 5.75 Å². The Hall–Kier alpha value is -3.62. The Labute approximate surface area is 166 Å². The van der Waals surface area contributed by atoms with Crippen LogP contribution in [0.15, 0.2) is 35.0 Å². The lowest BCUT2D eigenvalue weighted by atomic mass is 10.0. The Morgan fingerprint density at radius 3 is 2.66 bits per heavy atom. The molecule has 9 heteroatoms. The summed E-state index contributed by atoms with van der Waals surface area (Å²) in [4.78, 5) is 26.6. The van der Waals surface area contributed by atoms with Gasteiger partial charge in [-0.1, -0.05) is 17.3 Å². The molecule has 1 saturated heterocycles. The van der Waals surface area contributed by atoms with Crippen LogP contribution in [0.25, 0.3) is 0 Å². The van der Waals surface area contributed by atoms with Crippen molar-refractivity contribution in [2.75, 3.05) is 4.90 Å². The Morgan fingerprint density at radius 1 is 1.21 bits per heavy atom. The lowest BCUT2D eigenvalue weighted by Gasteiger charge is -2.13. The van der Waals surface area contributed by atoms with Crippen molar-refractivity contribution in [3.63, 3.8) is 0 Å². The van der Waals surface area contributed by atoms with E-state index in [0.717, 1.165) is 21.7 Å². The van der Waals surface area contributed by atoms with Crippen LogP contribution >= 0.6 is 0 Å². The van der Waals surface area contributed by atoms with Gasteiger partial charge in [-0.25, -0.2) is 9.69 Å². The first-order valence-electron chi connectivity index (χ1n) is 9.31. The molecule has 9 nitrogen and oxygen atoms in total. The predicted molar refractivity (Wildman–Crippen MR) is 104 cm³/mol. The fourth-order valence-electron chi connectivity index (χ4n) is 3.49. The van der Waals surface area contributed by atoms with Gasteiger partial charge in [0, 0.05) is 18.2 Å². The summed E-state index contributed by atoms with van der Waals surface area (Å²) in [7, 11) is 0. The van der Waals surface area contributed by atoms with Gasteiger partial charge in [-0.2, -0.15) is 5.10 Å². The van der Waals surface area contributed by atoms with Crippen LogP contribution in [0.1, 0.15) is 34.7 Å². The standard InChI is InChI=1S/C20H21N5O4/c1-11-15(12(2)29-24-11)9-17-18(10-21-23-17)25-19(27)16(22-20(25)28)8-5-13-3-6-14(26)7-4-13/h3-4,6-7,10,16,26H,5,8-9H2,1-2H3,(H,21,23)(H,22,28).